The van der Waals surface area contributed by atoms with Crippen LogP contribution in [0.2, 0.25) is 0 Å². The van der Waals surface area contributed by atoms with Crippen molar-refractivity contribution in [2.75, 3.05) is 13.1 Å². The average Bonchev–Trinajstić information content (AvgIpc) is 2.51. The van der Waals surface area contributed by atoms with Crippen LogP contribution in [0.25, 0.3) is 0 Å². The Morgan fingerprint density at radius 3 is 3.21 bits per heavy atom. The van der Waals surface area contributed by atoms with Crippen LogP contribution in [-0.2, 0) is 6.54 Å². The van der Waals surface area contributed by atoms with E-state index < -0.39 is 6.17 Å². The van der Waals surface area contributed by atoms with E-state index in [4.69, 9.17) is 4.42 Å². The highest BCUT2D eigenvalue weighted by Crippen LogP contribution is 2.15. The minimum atomic E-state index is -0.670. The average molecular weight is 198 g/mol. The lowest BCUT2D eigenvalue weighted by Crippen LogP contribution is -2.35. The van der Waals surface area contributed by atoms with Gasteiger partial charge < -0.3 is 4.42 Å². The molecule has 2 rings (SSSR count). The first kappa shape index (κ1) is 9.65. The van der Waals surface area contributed by atoms with Crippen LogP contribution in [-0.4, -0.2) is 29.1 Å². The van der Waals surface area contributed by atoms with Crippen molar-refractivity contribution in [3.8, 4) is 0 Å². The van der Waals surface area contributed by atoms with Crippen molar-refractivity contribution in [2.24, 2.45) is 0 Å². The molecule has 14 heavy (non-hydrogen) atoms. The molecule has 0 bridgehead atoms. The normalized spacial score (nSPS) is 24.0. The molecule has 1 saturated heterocycles. The van der Waals surface area contributed by atoms with Gasteiger partial charge in [0.15, 0.2) is 5.89 Å². The number of oxazole rings is 1. The highest BCUT2D eigenvalue weighted by Gasteiger charge is 2.19. The molecular formula is C10H15FN2O. The molecule has 1 unspecified atom stereocenters. The van der Waals surface area contributed by atoms with Crippen LogP contribution in [0.3, 0.4) is 0 Å². The quantitative estimate of drug-likeness (QED) is 0.727. The topological polar surface area (TPSA) is 29.3 Å². The Morgan fingerprint density at radius 1 is 1.71 bits per heavy atom. The number of halogens is 1. The summed E-state index contributed by atoms with van der Waals surface area (Å²) < 4.78 is 18.2. The molecule has 4 heteroatoms. The molecule has 1 aliphatic rings. The van der Waals surface area contributed by atoms with Crippen molar-refractivity contribution in [1.82, 2.24) is 9.88 Å². The standard InChI is InChI=1S/C10H15FN2O/c1-8-12-10(7-14-8)6-13-4-2-3-9(11)5-13/h7,9H,2-6H2,1H3. The minimum Gasteiger partial charge on any atom is -0.449 e. The Kier molecular flexibility index (Phi) is 2.82. The van der Waals surface area contributed by atoms with Crippen LogP contribution in [0.1, 0.15) is 24.4 Å². The molecule has 0 N–H and O–H groups in total. The van der Waals surface area contributed by atoms with Gasteiger partial charge in [0.05, 0.1) is 5.69 Å². The zero-order valence-electron chi connectivity index (χ0n) is 8.37. The summed E-state index contributed by atoms with van der Waals surface area (Å²) in [6.45, 7) is 4.02. The summed E-state index contributed by atoms with van der Waals surface area (Å²) in [5.41, 5.74) is 0.900. The number of nitrogens with zero attached hydrogens (tertiary/aromatic N) is 2. The summed E-state index contributed by atoms with van der Waals surface area (Å²) in [6, 6.07) is 0. The monoisotopic (exact) mass is 198 g/mol. The first-order chi connectivity index (χ1) is 6.74. The van der Waals surface area contributed by atoms with Gasteiger partial charge in [-0.2, -0.15) is 0 Å². The van der Waals surface area contributed by atoms with Gasteiger partial charge in [-0.25, -0.2) is 9.37 Å². The Balaban J connectivity index is 1.90. The molecule has 3 nitrogen and oxygen atoms in total. The van der Waals surface area contributed by atoms with E-state index in [2.05, 4.69) is 9.88 Å². The number of aromatic nitrogens is 1. The van der Waals surface area contributed by atoms with Crippen molar-refractivity contribution in [2.45, 2.75) is 32.5 Å². The highest BCUT2D eigenvalue weighted by atomic mass is 19.1. The molecule has 1 fully saturated rings. The zero-order valence-corrected chi connectivity index (χ0v) is 8.37. The van der Waals surface area contributed by atoms with E-state index in [1.54, 1.807) is 6.26 Å². The number of likely N-dealkylation sites (tertiary alicyclic amines) is 1. The van der Waals surface area contributed by atoms with Crippen LogP contribution >= 0.6 is 0 Å². The summed E-state index contributed by atoms with van der Waals surface area (Å²) in [6.07, 6.45) is 2.63. The van der Waals surface area contributed by atoms with Gasteiger partial charge in [-0.15, -0.1) is 0 Å². The summed E-state index contributed by atoms with van der Waals surface area (Å²) in [4.78, 5) is 6.29. The smallest absolute Gasteiger partial charge is 0.191 e. The third-order valence-electron chi connectivity index (χ3n) is 2.50. The molecule has 1 aromatic rings. The highest BCUT2D eigenvalue weighted by molar-refractivity contribution is 4.95. The van der Waals surface area contributed by atoms with E-state index in [0.29, 0.717) is 25.4 Å². The molecule has 0 aromatic carbocycles. The van der Waals surface area contributed by atoms with E-state index >= 15 is 0 Å². The second-order valence-electron chi connectivity index (χ2n) is 3.83. The number of piperidine rings is 1. The van der Waals surface area contributed by atoms with E-state index in [1.807, 2.05) is 6.92 Å². The lowest BCUT2D eigenvalue weighted by Gasteiger charge is -2.27. The molecule has 1 aromatic heterocycles. The summed E-state index contributed by atoms with van der Waals surface area (Å²) >= 11 is 0. The van der Waals surface area contributed by atoms with Crippen molar-refractivity contribution < 1.29 is 8.81 Å². The van der Waals surface area contributed by atoms with Crippen molar-refractivity contribution in [1.29, 1.82) is 0 Å². The molecule has 78 valence electrons. The van der Waals surface area contributed by atoms with Gasteiger partial charge in [0.2, 0.25) is 0 Å². The largest absolute Gasteiger partial charge is 0.449 e. The van der Waals surface area contributed by atoms with Gasteiger partial charge in [-0.05, 0) is 19.4 Å². The fraction of sp³-hybridized carbons (Fsp3) is 0.700. The Bertz CT molecular complexity index is 300. The molecular weight excluding hydrogens is 183 g/mol. The SMILES string of the molecule is Cc1nc(CN2CCCC(F)C2)co1. The summed E-state index contributed by atoms with van der Waals surface area (Å²) in [5.74, 6) is 0.675. The molecule has 1 atom stereocenters. The van der Waals surface area contributed by atoms with Gasteiger partial charge in [0, 0.05) is 20.0 Å². The first-order valence-electron chi connectivity index (χ1n) is 5.01. The van der Waals surface area contributed by atoms with Crippen LogP contribution in [0.4, 0.5) is 4.39 Å². The fourth-order valence-electron chi connectivity index (χ4n) is 1.85. The summed E-state index contributed by atoms with van der Waals surface area (Å²) in [7, 11) is 0. The van der Waals surface area contributed by atoms with Gasteiger partial charge >= 0.3 is 0 Å². The Morgan fingerprint density at radius 2 is 2.57 bits per heavy atom. The second-order valence-corrected chi connectivity index (χ2v) is 3.83. The maximum absolute atomic E-state index is 13.1. The van der Waals surface area contributed by atoms with E-state index in [1.165, 1.54) is 0 Å². The van der Waals surface area contributed by atoms with Crippen LogP contribution in [0.15, 0.2) is 10.7 Å². The molecule has 2 heterocycles. The van der Waals surface area contributed by atoms with Gasteiger partial charge in [0.25, 0.3) is 0 Å². The number of hydrogen-bond donors (Lipinski definition) is 0. The predicted octanol–water partition coefficient (Wildman–Crippen LogP) is 1.92. The zero-order chi connectivity index (χ0) is 9.97. The lowest BCUT2D eigenvalue weighted by atomic mass is 10.1. The van der Waals surface area contributed by atoms with Crippen LogP contribution < -0.4 is 0 Å². The third-order valence-corrected chi connectivity index (χ3v) is 2.50. The molecule has 0 spiro atoms. The third kappa shape index (κ3) is 2.32. The van der Waals surface area contributed by atoms with Crippen molar-refractivity contribution in [3.63, 3.8) is 0 Å². The Hall–Kier alpha value is -0.900. The maximum atomic E-state index is 13.1. The maximum Gasteiger partial charge on any atom is 0.191 e. The van der Waals surface area contributed by atoms with E-state index in [-0.39, 0.29) is 0 Å². The molecule has 0 radical (unpaired) electrons. The summed E-state index contributed by atoms with van der Waals surface area (Å²) in [5, 5.41) is 0. The van der Waals surface area contributed by atoms with E-state index in [9.17, 15) is 4.39 Å². The van der Waals surface area contributed by atoms with Crippen LogP contribution in [0, 0.1) is 6.92 Å². The lowest BCUT2D eigenvalue weighted by molar-refractivity contribution is 0.131. The fourth-order valence-corrected chi connectivity index (χ4v) is 1.85. The van der Waals surface area contributed by atoms with Crippen molar-refractivity contribution in [3.05, 3.63) is 17.8 Å². The number of rotatable bonds is 2. The molecule has 1 aliphatic heterocycles. The van der Waals surface area contributed by atoms with Gasteiger partial charge in [0.1, 0.15) is 12.4 Å². The van der Waals surface area contributed by atoms with E-state index in [0.717, 1.165) is 18.7 Å². The molecule has 0 amide bonds. The molecule has 0 aliphatic carbocycles. The second kappa shape index (κ2) is 4.09. The first-order valence-corrected chi connectivity index (χ1v) is 5.01. The minimum absolute atomic E-state index is 0.534. The number of alkyl halides is 1. The van der Waals surface area contributed by atoms with Crippen LogP contribution in [0.5, 0.6) is 0 Å². The van der Waals surface area contributed by atoms with Crippen molar-refractivity contribution >= 4 is 0 Å². The number of aryl methyl sites for hydroxylation is 1. The Labute approximate surface area is 82.9 Å². The molecule has 0 saturated carbocycles. The van der Waals surface area contributed by atoms with Gasteiger partial charge in [-0.1, -0.05) is 0 Å². The predicted molar refractivity (Wildman–Crippen MR) is 50.6 cm³/mol. The number of hydrogen-bond acceptors (Lipinski definition) is 3. The van der Waals surface area contributed by atoms with Gasteiger partial charge in [-0.3, -0.25) is 4.90 Å².